The number of rotatable bonds is 2. The van der Waals surface area contributed by atoms with Gasteiger partial charge in [0.2, 0.25) is 5.91 Å². The predicted octanol–water partition coefficient (Wildman–Crippen LogP) is 2.12. The molecule has 0 aliphatic carbocycles. The van der Waals surface area contributed by atoms with E-state index in [0.717, 1.165) is 32.1 Å². The number of carbonyl (C=O) groups excluding carboxylic acids is 1. The number of likely N-dealkylation sites (tertiary alicyclic amines) is 2. The zero-order valence-electron chi connectivity index (χ0n) is 11.3. The van der Waals surface area contributed by atoms with E-state index in [1.165, 1.54) is 32.1 Å². The summed E-state index contributed by atoms with van der Waals surface area (Å²) >= 11 is 0. The molecule has 0 aromatic carbocycles. The van der Waals surface area contributed by atoms with E-state index in [1.54, 1.807) is 0 Å². The Balaban J connectivity index is 1.89. The molecular weight excluding hydrogens is 212 g/mol. The molecule has 0 bridgehead atoms. The molecule has 2 fully saturated rings. The fourth-order valence-corrected chi connectivity index (χ4v) is 3.11. The van der Waals surface area contributed by atoms with Crippen molar-refractivity contribution in [3.05, 3.63) is 0 Å². The molecule has 0 aromatic heterocycles. The largest absolute Gasteiger partial charge is 0.341 e. The second kappa shape index (κ2) is 5.85. The Morgan fingerprint density at radius 2 is 1.82 bits per heavy atom. The summed E-state index contributed by atoms with van der Waals surface area (Å²) in [4.78, 5) is 16.8. The average Bonchev–Trinajstić information content (AvgIpc) is 2.38. The van der Waals surface area contributed by atoms with E-state index in [2.05, 4.69) is 23.6 Å². The minimum atomic E-state index is 0.0934. The number of hydrogen-bond acceptors (Lipinski definition) is 2. The molecule has 0 radical (unpaired) electrons. The number of carbonyl (C=O) groups is 1. The van der Waals surface area contributed by atoms with Crippen LogP contribution in [0, 0.1) is 5.92 Å². The summed E-state index contributed by atoms with van der Waals surface area (Å²) in [6, 6.07) is 0.0934. The van der Waals surface area contributed by atoms with Crippen LogP contribution in [0.2, 0.25) is 0 Å². The van der Waals surface area contributed by atoms with Gasteiger partial charge >= 0.3 is 0 Å². The number of amides is 1. The molecular formula is C14H26N2O. The second-order valence-electron chi connectivity index (χ2n) is 5.80. The monoisotopic (exact) mass is 238 g/mol. The summed E-state index contributed by atoms with van der Waals surface area (Å²) in [6.07, 6.45) is 6.24. The molecule has 1 amide bonds. The molecule has 0 N–H and O–H groups in total. The first kappa shape index (κ1) is 12.9. The van der Waals surface area contributed by atoms with Crippen molar-refractivity contribution >= 4 is 5.91 Å². The van der Waals surface area contributed by atoms with E-state index in [1.807, 2.05) is 0 Å². The van der Waals surface area contributed by atoms with E-state index >= 15 is 0 Å². The highest BCUT2D eigenvalue weighted by Crippen LogP contribution is 2.19. The second-order valence-corrected chi connectivity index (χ2v) is 5.80. The third kappa shape index (κ3) is 3.21. The van der Waals surface area contributed by atoms with Crippen molar-refractivity contribution in [1.29, 1.82) is 0 Å². The van der Waals surface area contributed by atoms with Gasteiger partial charge in [-0.1, -0.05) is 6.92 Å². The summed E-state index contributed by atoms with van der Waals surface area (Å²) in [5.74, 6) is 1.11. The van der Waals surface area contributed by atoms with Crippen molar-refractivity contribution in [1.82, 2.24) is 9.80 Å². The van der Waals surface area contributed by atoms with E-state index < -0.39 is 0 Å². The Morgan fingerprint density at radius 3 is 2.47 bits per heavy atom. The fraction of sp³-hybridized carbons (Fsp3) is 0.929. The molecule has 0 spiro atoms. The first-order chi connectivity index (χ1) is 8.18. The van der Waals surface area contributed by atoms with Gasteiger partial charge in [0.1, 0.15) is 0 Å². The van der Waals surface area contributed by atoms with Crippen LogP contribution in [0.4, 0.5) is 0 Å². The minimum Gasteiger partial charge on any atom is -0.341 e. The van der Waals surface area contributed by atoms with Crippen LogP contribution in [0.1, 0.15) is 46.0 Å². The van der Waals surface area contributed by atoms with Crippen molar-refractivity contribution in [2.45, 2.75) is 52.0 Å². The van der Waals surface area contributed by atoms with Crippen LogP contribution in [0.25, 0.3) is 0 Å². The first-order valence-electron chi connectivity index (χ1n) is 7.21. The molecule has 3 nitrogen and oxygen atoms in total. The molecule has 3 heteroatoms. The molecule has 2 aliphatic heterocycles. The summed E-state index contributed by atoms with van der Waals surface area (Å²) in [7, 11) is 0. The lowest BCUT2D eigenvalue weighted by atomic mass is 9.98. The molecule has 0 aromatic rings. The van der Waals surface area contributed by atoms with Gasteiger partial charge in [0.15, 0.2) is 0 Å². The maximum atomic E-state index is 12.4. The van der Waals surface area contributed by atoms with Gasteiger partial charge in [-0.2, -0.15) is 0 Å². The minimum absolute atomic E-state index is 0.0934. The molecule has 17 heavy (non-hydrogen) atoms. The lowest BCUT2D eigenvalue weighted by molar-refractivity contribution is -0.138. The van der Waals surface area contributed by atoms with Crippen LogP contribution in [0.15, 0.2) is 0 Å². The lowest BCUT2D eigenvalue weighted by Crippen LogP contribution is -2.51. The third-order valence-corrected chi connectivity index (χ3v) is 4.26. The molecule has 2 saturated heterocycles. The summed E-state index contributed by atoms with van der Waals surface area (Å²) in [5.41, 5.74) is 0. The van der Waals surface area contributed by atoms with E-state index in [0.29, 0.717) is 5.91 Å². The van der Waals surface area contributed by atoms with Crippen molar-refractivity contribution in [3.63, 3.8) is 0 Å². The number of piperidine rings is 2. The summed E-state index contributed by atoms with van der Waals surface area (Å²) < 4.78 is 0. The standard InChI is InChI=1S/C14H26N2O/c1-12-7-6-10-16(11-12)13(2)14(17)15-8-4-3-5-9-15/h12-13H,3-11H2,1-2H3. The zero-order chi connectivity index (χ0) is 12.3. The highest BCUT2D eigenvalue weighted by molar-refractivity contribution is 5.81. The maximum Gasteiger partial charge on any atom is 0.239 e. The SMILES string of the molecule is CC1CCCN(C(C)C(=O)N2CCCCC2)C1. The van der Waals surface area contributed by atoms with Gasteiger partial charge in [-0.05, 0) is 51.5 Å². The Bertz CT molecular complexity index is 261. The van der Waals surface area contributed by atoms with Crippen LogP contribution < -0.4 is 0 Å². The van der Waals surface area contributed by atoms with Crippen molar-refractivity contribution in [3.8, 4) is 0 Å². The molecule has 2 atom stereocenters. The normalized spacial score (nSPS) is 29.1. The Hall–Kier alpha value is -0.570. The molecule has 2 rings (SSSR count). The lowest BCUT2D eigenvalue weighted by Gasteiger charge is -2.38. The Labute approximate surface area is 105 Å². The van der Waals surface area contributed by atoms with Gasteiger partial charge in [0.25, 0.3) is 0 Å². The quantitative estimate of drug-likeness (QED) is 0.735. The third-order valence-electron chi connectivity index (χ3n) is 4.26. The molecule has 2 unspecified atom stereocenters. The van der Waals surface area contributed by atoms with Gasteiger partial charge in [0, 0.05) is 19.6 Å². The van der Waals surface area contributed by atoms with Crippen molar-refractivity contribution in [2.24, 2.45) is 5.92 Å². The zero-order valence-corrected chi connectivity index (χ0v) is 11.3. The van der Waals surface area contributed by atoms with E-state index in [9.17, 15) is 4.79 Å². The first-order valence-corrected chi connectivity index (χ1v) is 7.21. The van der Waals surface area contributed by atoms with Crippen LogP contribution >= 0.6 is 0 Å². The molecule has 2 aliphatic rings. The van der Waals surface area contributed by atoms with E-state index in [4.69, 9.17) is 0 Å². The molecule has 2 heterocycles. The van der Waals surface area contributed by atoms with Crippen molar-refractivity contribution in [2.75, 3.05) is 26.2 Å². The number of nitrogens with zero attached hydrogens (tertiary/aromatic N) is 2. The maximum absolute atomic E-state index is 12.4. The molecule has 0 saturated carbocycles. The van der Waals surface area contributed by atoms with E-state index in [-0.39, 0.29) is 6.04 Å². The Morgan fingerprint density at radius 1 is 1.12 bits per heavy atom. The van der Waals surface area contributed by atoms with Crippen LogP contribution in [0.3, 0.4) is 0 Å². The van der Waals surface area contributed by atoms with Gasteiger partial charge in [-0.25, -0.2) is 0 Å². The van der Waals surface area contributed by atoms with Crippen LogP contribution in [0.5, 0.6) is 0 Å². The smallest absolute Gasteiger partial charge is 0.239 e. The van der Waals surface area contributed by atoms with Gasteiger partial charge in [0.05, 0.1) is 6.04 Å². The number of hydrogen-bond donors (Lipinski definition) is 0. The van der Waals surface area contributed by atoms with Gasteiger partial charge in [-0.3, -0.25) is 9.69 Å². The predicted molar refractivity (Wildman–Crippen MR) is 69.9 cm³/mol. The highest BCUT2D eigenvalue weighted by Gasteiger charge is 2.29. The topological polar surface area (TPSA) is 23.6 Å². The fourth-order valence-electron chi connectivity index (χ4n) is 3.11. The average molecular weight is 238 g/mol. The molecule has 98 valence electrons. The van der Waals surface area contributed by atoms with Crippen LogP contribution in [-0.2, 0) is 4.79 Å². The summed E-state index contributed by atoms with van der Waals surface area (Å²) in [5, 5.41) is 0. The van der Waals surface area contributed by atoms with Crippen molar-refractivity contribution < 1.29 is 4.79 Å². The van der Waals surface area contributed by atoms with Gasteiger partial charge < -0.3 is 4.90 Å². The summed E-state index contributed by atoms with van der Waals surface area (Å²) in [6.45, 7) is 8.55. The van der Waals surface area contributed by atoms with Crippen LogP contribution in [-0.4, -0.2) is 47.9 Å². The Kier molecular flexibility index (Phi) is 4.43. The van der Waals surface area contributed by atoms with Gasteiger partial charge in [-0.15, -0.1) is 0 Å². The highest BCUT2D eigenvalue weighted by atomic mass is 16.2.